The second kappa shape index (κ2) is 6.10. The minimum Gasteiger partial charge on any atom is -0.364 e. The molecule has 1 aromatic rings. The summed E-state index contributed by atoms with van der Waals surface area (Å²) in [5.41, 5.74) is 4.11. The average Bonchev–Trinajstić information content (AvgIpc) is 2.47. The highest BCUT2D eigenvalue weighted by atomic mass is 16.5. The van der Waals surface area contributed by atoms with Crippen LogP contribution in [0.2, 0.25) is 0 Å². The van der Waals surface area contributed by atoms with Gasteiger partial charge in [0.1, 0.15) is 0 Å². The fourth-order valence-electron chi connectivity index (χ4n) is 4.10. The lowest BCUT2D eigenvalue weighted by atomic mass is 9.77. The van der Waals surface area contributed by atoms with Gasteiger partial charge in [0, 0.05) is 13.1 Å². The van der Waals surface area contributed by atoms with Crippen LogP contribution in [0.3, 0.4) is 0 Å². The van der Waals surface area contributed by atoms with Gasteiger partial charge in [0.25, 0.3) is 0 Å². The van der Waals surface area contributed by atoms with E-state index in [1.807, 2.05) is 0 Å². The van der Waals surface area contributed by atoms with Crippen molar-refractivity contribution in [2.24, 2.45) is 5.92 Å². The number of hydrogen-bond donors (Lipinski definition) is 1. The quantitative estimate of drug-likeness (QED) is 0.875. The van der Waals surface area contributed by atoms with Crippen LogP contribution in [0.25, 0.3) is 0 Å². The predicted octanol–water partition coefficient (Wildman–Crippen LogP) is 4.30. The van der Waals surface area contributed by atoms with E-state index in [9.17, 15) is 0 Å². The lowest BCUT2D eigenvalue weighted by Crippen LogP contribution is -2.52. The number of nitrogens with one attached hydrogen (secondary N) is 1. The van der Waals surface area contributed by atoms with Crippen LogP contribution >= 0.6 is 0 Å². The highest BCUT2D eigenvalue weighted by Crippen LogP contribution is 2.40. The van der Waals surface area contributed by atoms with Gasteiger partial charge < -0.3 is 10.1 Å². The molecule has 2 aliphatic rings. The Morgan fingerprint density at radius 3 is 2.43 bits per heavy atom. The summed E-state index contributed by atoms with van der Waals surface area (Å²) >= 11 is 0. The summed E-state index contributed by atoms with van der Waals surface area (Å²) in [5.74, 6) is 0.917. The van der Waals surface area contributed by atoms with Crippen LogP contribution in [-0.2, 0) is 4.74 Å². The van der Waals surface area contributed by atoms with Crippen molar-refractivity contribution < 1.29 is 4.74 Å². The Balaban J connectivity index is 1.74. The second-order valence-electron chi connectivity index (χ2n) is 7.19. The molecule has 1 aromatic carbocycles. The van der Waals surface area contributed by atoms with Gasteiger partial charge in [-0.2, -0.15) is 0 Å². The molecule has 1 saturated carbocycles. The van der Waals surface area contributed by atoms with E-state index >= 15 is 0 Å². The van der Waals surface area contributed by atoms with Crippen molar-refractivity contribution in [3.8, 4) is 0 Å². The SMILES string of the molecule is CCC1CCC2(CC1)CNCC(c1cc(C)cc(C)c1)O2. The minimum absolute atomic E-state index is 0.0895. The summed E-state index contributed by atoms with van der Waals surface area (Å²) in [4.78, 5) is 0. The summed E-state index contributed by atoms with van der Waals surface area (Å²) in [6, 6.07) is 6.81. The first-order valence-corrected chi connectivity index (χ1v) is 8.57. The number of ether oxygens (including phenoxy) is 1. The van der Waals surface area contributed by atoms with E-state index < -0.39 is 0 Å². The van der Waals surface area contributed by atoms with Gasteiger partial charge in [0.05, 0.1) is 11.7 Å². The third-order valence-electron chi connectivity index (χ3n) is 5.38. The zero-order valence-electron chi connectivity index (χ0n) is 13.7. The summed E-state index contributed by atoms with van der Waals surface area (Å²) in [7, 11) is 0. The Hall–Kier alpha value is -0.860. The van der Waals surface area contributed by atoms with Gasteiger partial charge in [-0.05, 0) is 51.0 Å². The molecule has 1 unspecified atom stereocenters. The van der Waals surface area contributed by atoms with Crippen molar-refractivity contribution in [1.82, 2.24) is 5.32 Å². The molecule has 1 atom stereocenters. The van der Waals surface area contributed by atoms with Gasteiger partial charge in [-0.25, -0.2) is 0 Å². The third kappa shape index (κ3) is 3.32. The standard InChI is InChI=1S/C19H29NO/c1-4-16-5-7-19(8-6-16)13-20-12-18(21-19)17-10-14(2)9-15(3)11-17/h9-11,16,18,20H,4-8,12-13H2,1-3H3. The van der Waals surface area contributed by atoms with Gasteiger partial charge in [-0.15, -0.1) is 0 Å². The van der Waals surface area contributed by atoms with Gasteiger partial charge in [0.2, 0.25) is 0 Å². The summed E-state index contributed by atoms with van der Waals surface area (Å²) in [5, 5.41) is 3.64. The lowest BCUT2D eigenvalue weighted by molar-refractivity contribution is -0.141. The number of rotatable bonds is 2. The number of aryl methyl sites for hydroxylation is 2. The molecular weight excluding hydrogens is 258 g/mol. The van der Waals surface area contributed by atoms with E-state index in [0.717, 1.165) is 19.0 Å². The second-order valence-corrected chi connectivity index (χ2v) is 7.19. The monoisotopic (exact) mass is 287 g/mol. The first-order valence-electron chi connectivity index (χ1n) is 8.57. The molecule has 0 aromatic heterocycles. The molecule has 1 N–H and O–H groups in total. The van der Waals surface area contributed by atoms with Crippen molar-refractivity contribution in [2.75, 3.05) is 13.1 Å². The van der Waals surface area contributed by atoms with Crippen LogP contribution in [0.15, 0.2) is 18.2 Å². The number of morpholine rings is 1. The number of benzene rings is 1. The summed E-state index contributed by atoms with van der Waals surface area (Å²) < 4.78 is 6.64. The molecule has 2 fully saturated rings. The van der Waals surface area contributed by atoms with Crippen LogP contribution < -0.4 is 5.32 Å². The van der Waals surface area contributed by atoms with E-state index in [1.165, 1.54) is 48.8 Å². The fraction of sp³-hybridized carbons (Fsp3) is 0.684. The molecule has 1 aliphatic heterocycles. The molecule has 1 spiro atoms. The normalized spacial score (nSPS) is 33.3. The maximum atomic E-state index is 6.64. The van der Waals surface area contributed by atoms with Crippen LogP contribution in [0.5, 0.6) is 0 Å². The highest BCUT2D eigenvalue weighted by molar-refractivity contribution is 5.30. The van der Waals surface area contributed by atoms with E-state index in [4.69, 9.17) is 4.74 Å². The van der Waals surface area contributed by atoms with Crippen LogP contribution in [-0.4, -0.2) is 18.7 Å². The fourth-order valence-corrected chi connectivity index (χ4v) is 4.10. The topological polar surface area (TPSA) is 21.3 Å². The van der Waals surface area contributed by atoms with E-state index in [0.29, 0.717) is 0 Å². The molecule has 1 aliphatic carbocycles. The van der Waals surface area contributed by atoms with Crippen LogP contribution in [0.4, 0.5) is 0 Å². The number of hydrogen-bond acceptors (Lipinski definition) is 2. The first kappa shape index (κ1) is 15.1. The van der Waals surface area contributed by atoms with Crippen molar-refractivity contribution in [2.45, 2.75) is 64.6 Å². The molecular formula is C19H29NO. The van der Waals surface area contributed by atoms with Gasteiger partial charge >= 0.3 is 0 Å². The summed E-state index contributed by atoms with van der Waals surface area (Å²) in [6.07, 6.45) is 6.65. The highest BCUT2D eigenvalue weighted by Gasteiger charge is 2.40. The van der Waals surface area contributed by atoms with Gasteiger partial charge in [0.15, 0.2) is 0 Å². The van der Waals surface area contributed by atoms with Crippen molar-refractivity contribution in [3.63, 3.8) is 0 Å². The zero-order chi connectivity index (χ0) is 14.9. The molecule has 2 nitrogen and oxygen atoms in total. The molecule has 0 radical (unpaired) electrons. The first-order chi connectivity index (χ1) is 10.1. The lowest BCUT2D eigenvalue weighted by Gasteiger charge is -2.46. The third-order valence-corrected chi connectivity index (χ3v) is 5.38. The molecule has 2 heteroatoms. The largest absolute Gasteiger partial charge is 0.364 e. The minimum atomic E-state index is 0.0895. The molecule has 0 amide bonds. The maximum Gasteiger partial charge on any atom is 0.0957 e. The molecule has 21 heavy (non-hydrogen) atoms. The van der Waals surface area contributed by atoms with Gasteiger partial charge in [-0.3, -0.25) is 0 Å². The van der Waals surface area contributed by atoms with Crippen LogP contribution in [0.1, 0.15) is 61.8 Å². The smallest absolute Gasteiger partial charge is 0.0957 e. The molecule has 3 rings (SSSR count). The van der Waals surface area contributed by atoms with E-state index in [2.05, 4.69) is 44.3 Å². The average molecular weight is 287 g/mol. The molecule has 1 saturated heterocycles. The molecule has 0 bridgehead atoms. The van der Waals surface area contributed by atoms with Gasteiger partial charge in [-0.1, -0.05) is 42.7 Å². The summed E-state index contributed by atoms with van der Waals surface area (Å²) in [6.45, 7) is 8.65. The van der Waals surface area contributed by atoms with E-state index in [-0.39, 0.29) is 11.7 Å². The predicted molar refractivity (Wildman–Crippen MR) is 87.6 cm³/mol. The van der Waals surface area contributed by atoms with Crippen molar-refractivity contribution in [1.29, 1.82) is 0 Å². The Kier molecular flexibility index (Phi) is 4.37. The van der Waals surface area contributed by atoms with E-state index in [1.54, 1.807) is 0 Å². The zero-order valence-corrected chi connectivity index (χ0v) is 13.7. The molecule has 1 heterocycles. The Morgan fingerprint density at radius 2 is 1.81 bits per heavy atom. The Bertz CT molecular complexity index is 468. The van der Waals surface area contributed by atoms with Crippen molar-refractivity contribution >= 4 is 0 Å². The van der Waals surface area contributed by atoms with Crippen molar-refractivity contribution in [3.05, 3.63) is 34.9 Å². The Morgan fingerprint density at radius 1 is 1.14 bits per heavy atom. The van der Waals surface area contributed by atoms with Crippen LogP contribution in [0, 0.1) is 19.8 Å². The maximum absolute atomic E-state index is 6.64. The molecule has 116 valence electrons. The Labute approximate surface area is 129 Å².